The number of ether oxygens (including phenoxy) is 2. The monoisotopic (exact) mass is 356 g/mol. The molecule has 0 fully saturated rings. The van der Waals surface area contributed by atoms with E-state index in [1.165, 1.54) is 5.56 Å². The highest BCUT2D eigenvalue weighted by atomic mass is 16.5. The number of anilines is 1. The van der Waals surface area contributed by atoms with Crippen molar-refractivity contribution in [2.75, 3.05) is 39.7 Å². The van der Waals surface area contributed by atoms with Crippen LogP contribution in [0.3, 0.4) is 0 Å². The number of aliphatic imine (C=N–C) groups is 1. The van der Waals surface area contributed by atoms with Crippen LogP contribution in [0.25, 0.3) is 0 Å². The Balaban J connectivity index is 1.81. The number of para-hydroxylation sites is 1. The number of hydrogen-bond donors (Lipinski definition) is 3. The average Bonchev–Trinajstić information content (AvgIpc) is 2.69. The van der Waals surface area contributed by atoms with Crippen LogP contribution in [0, 0.1) is 0 Å². The zero-order chi connectivity index (χ0) is 18.6. The lowest BCUT2D eigenvalue weighted by molar-refractivity contribution is 0.211. The van der Waals surface area contributed by atoms with E-state index >= 15 is 0 Å². The summed E-state index contributed by atoms with van der Waals surface area (Å²) >= 11 is 0. The lowest BCUT2D eigenvalue weighted by Crippen LogP contribution is -2.36. The Bertz CT molecular complexity index is 686. The molecule has 0 heterocycles. The molecule has 0 radical (unpaired) electrons. The average molecular weight is 356 g/mol. The molecule has 2 rings (SSSR count). The van der Waals surface area contributed by atoms with Crippen molar-refractivity contribution in [3.8, 4) is 5.75 Å². The molecule has 0 amide bonds. The van der Waals surface area contributed by atoms with Gasteiger partial charge in [0, 0.05) is 45.0 Å². The van der Waals surface area contributed by atoms with Crippen LogP contribution in [0.15, 0.2) is 53.5 Å². The zero-order valence-electron chi connectivity index (χ0n) is 15.7. The predicted octanol–water partition coefficient (Wildman–Crippen LogP) is 2.62. The van der Waals surface area contributed by atoms with Gasteiger partial charge in [0.15, 0.2) is 5.96 Å². The van der Waals surface area contributed by atoms with Gasteiger partial charge in [0.05, 0.1) is 13.7 Å². The first-order valence-electron chi connectivity index (χ1n) is 8.65. The van der Waals surface area contributed by atoms with Crippen LogP contribution in [-0.2, 0) is 17.8 Å². The number of nitrogens with zero attached hydrogens (tertiary/aromatic N) is 1. The van der Waals surface area contributed by atoms with E-state index in [9.17, 15) is 0 Å². The molecule has 0 aliphatic heterocycles. The van der Waals surface area contributed by atoms with Gasteiger partial charge in [-0.25, -0.2) is 0 Å². The maximum absolute atomic E-state index is 5.37. The molecule has 0 unspecified atom stereocenters. The molecular weight excluding hydrogens is 328 g/mol. The Morgan fingerprint density at radius 2 is 1.69 bits per heavy atom. The van der Waals surface area contributed by atoms with E-state index in [1.807, 2.05) is 24.3 Å². The molecule has 0 spiro atoms. The molecule has 0 aromatic heterocycles. The minimum atomic E-state index is 0.645. The van der Waals surface area contributed by atoms with Crippen molar-refractivity contribution in [2.45, 2.75) is 13.1 Å². The van der Waals surface area contributed by atoms with Crippen LogP contribution >= 0.6 is 0 Å². The van der Waals surface area contributed by atoms with Crippen LogP contribution in [-0.4, -0.2) is 40.4 Å². The highest BCUT2D eigenvalue weighted by Gasteiger charge is 2.03. The molecule has 6 heteroatoms. The second-order valence-electron chi connectivity index (χ2n) is 5.71. The molecule has 2 aromatic carbocycles. The summed E-state index contributed by atoms with van der Waals surface area (Å²) in [6.07, 6.45) is 0. The topological polar surface area (TPSA) is 66.9 Å². The van der Waals surface area contributed by atoms with E-state index in [2.05, 4.69) is 45.2 Å². The van der Waals surface area contributed by atoms with E-state index in [0.717, 1.165) is 29.5 Å². The number of benzene rings is 2. The molecule has 0 bridgehead atoms. The summed E-state index contributed by atoms with van der Waals surface area (Å²) in [5.41, 5.74) is 3.36. The molecule has 0 saturated heterocycles. The van der Waals surface area contributed by atoms with Crippen molar-refractivity contribution in [3.63, 3.8) is 0 Å². The van der Waals surface area contributed by atoms with Crippen molar-refractivity contribution in [1.29, 1.82) is 0 Å². The van der Waals surface area contributed by atoms with Gasteiger partial charge in [0.2, 0.25) is 0 Å². The van der Waals surface area contributed by atoms with Gasteiger partial charge >= 0.3 is 0 Å². The zero-order valence-corrected chi connectivity index (χ0v) is 15.7. The number of hydrogen-bond acceptors (Lipinski definition) is 4. The van der Waals surface area contributed by atoms with E-state index in [0.29, 0.717) is 19.7 Å². The van der Waals surface area contributed by atoms with Crippen molar-refractivity contribution < 1.29 is 9.47 Å². The molecule has 3 N–H and O–H groups in total. The van der Waals surface area contributed by atoms with E-state index in [1.54, 1.807) is 21.3 Å². The minimum absolute atomic E-state index is 0.645. The first-order chi connectivity index (χ1) is 12.8. The van der Waals surface area contributed by atoms with Crippen molar-refractivity contribution in [3.05, 3.63) is 59.7 Å². The van der Waals surface area contributed by atoms with Gasteiger partial charge in [0.1, 0.15) is 5.75 Å². The summed E-state index contributed by atoms with van der Waals surface area (Å²) in [6.45, 7) is 2.83. The Kier molecular flexibility index (Phi) is 8.29. The lowest BCUT2D eigenvalue weighted by atomic mass is 10.2. The first kappa shape index (κ1) is 19.6. The van der Waals surface area contributed by atoms with Gasteiger partial charge in [0.25, 0.3) is 0 Å². The molecule has 0 aliphatic carbocycles. The first-order valence-corrected chi connectivity index (χ1v) is 8.65. The largest absolute Gasteiger partial charge is 0.496 e. The Labute approximate surface area is 155 Å². The molecule has 26 heavy (non-hydrogen) atoms. The molecule has 0 atom stereocenters. The van der Waals surface area contributed by atoms with Gasteiger partial charge < -0.3 is 25.4 Å². The third-order valence-electron chi connectivity index (χ3n) is 3.91. The minimum Gasteiger partial charge on any atom is -0.496 e. The summed E-state index contributed by atoms with van der Waals surface area (Å²) in [5, 5.41) is 9.94. The van der Waals surface area contributed by atoms with E-state index in [-0.39, 0.29) is 0 Å². The van der Waals surface area contributed by atoms with Crippen molar-refractivity contribution in [2.24, 2.45) is 4.99 Å². The Hall–Kier alpha value is -2.73. The summed E-state index contributed by atoms with van der Waals surface area (Å²) < 4.78 is 10.4. The molecule has 2 aromatic rings. The van der Waals surface area contributed by atoms with Crippen LogP contribution in [0.1, 0.15) is 11.1 Å². The third-order valence-corrected chi connectivity index (χ3v) is 3.91. The SMILES string of the molecule is CN=C(NCc1ccc(NCCOC)cc1)NCc1ccccc1OC. The quantitative estimate of drug-likeness (QED) is 0.366. The molecular formula is C20H28N4O2. The van der Waals surface area contributed by atoms with Crippen LogP contribution in [0.4, 0.5) is 5.69 Å². The van der Waals surface area contributed by atoms with Crippen LogP contribution in [0.2, 0.25) is 0 Å². The van der Waals surface area contributed by atoms with Gasteiger partial charge in [-0.05, 0) is 23.8 Å². The summed E-state index contributed by atoms with van der Waals surface area (Å²) in [4.78, 5) is 4.27. The predicted molar refractivity (Wildman–Crippen MR) is 107 cm³/mol. The van der Waals surface area contributed by atoms with Gasteiger partial charge in [-0.2, -0.15) is 0 Å². The van der Waals surface area contributed by atoms with E-state index < -0.39 is 0 Å². The maximum atomic E-state index is 5.37. The number of methoxy groups -OCH3 is 2. The smallest absolute Gasteiger partial charge is 0.191 e. The fraction of sp³-hybridized carbons (Fsp3) is 0.350. The Morgan fingerprint density at radius 3 is 2.38 bits per heavy atom. The van der Waals surface area contributed by atoms with Crippen molar-refractivity contribution in [1.82, 2.24) is 10.6 Å². The second-order valence-corrected chi connectivity index (χ2v) is 5.71. The number of nitrogens with one attached hydrogen (secondary N) is 3. The maximum Gasteiger partial charge on any atom is 0.191 e. The fourth-order valence-corrected chi connectivity index (χ4v) is 2.47. The van der Waals surface area contributed by atoms with E-state index in [4.69, 9.17) is 9.47 Å². The van der Waals surface area contributed by atoms with Gasteiger partial charge in [-0.1, -0.05) is 30.3 Å². The summed E-state index contributed by atoms with van der Waals surface area (Å²) in [5.74, 6) is 1.62. The van der Waals surface area contributed by atoms with Gasteiger partial charge in [-0.15, -0.1) is 0 Å². The standard InChI is InChI=1S/C20H28N4O2/c1-21-20(24-15-17-6-4-5-7-19(17)26-3)23-14-16-8-10-18(11-9-16)22-12-13-25-2/h4-11,22H,12-15H2,1-3H3,(H2,21,23,24). The third kappa shape index (κ3) is 6.29. The molecule has 6 nitrogen and oxygen atoms in total. The van der Waals surface area contributed by atoms with Crippen LogP contribution < -0.4 is 20.7 Å². The second kappa shape index (κ2) is 11.0. The summed E-state index contributed by atoms with van der Waals surface area (Å²) in [6, 6.07) is 16.3. The summed E-state index contributed by atoms with van der Waals surface area (Å²) in [7, 11) is 5.14. The lowest BCUT2D eigenvalue weighted by Gasteiger charge is -2.14. The number of rotatable bonds is 9. The Morgan fingerprint density at radius 1 is 0.962 bits per heavy atom. The highest BCUT2D eigenvalue weighted by molar-refractivity contribution is 5.79. The number of guanidine groups is 1. The highest BCUT2D eigenvalue weighted by Crippen LogP contribution is 2.16. The fourth-order valence-electron chi connectivity index (χ4n) is 2.47. The normalized spacial score (nSPS) is 11.1. The molecule has 0 saturated carbocycles. The van der Waals surface area contributed by atoms with Gasteiger partial charge in [-0.3, -0.25) is 4.99 Å². The van der Waals surface area contributed by atoms with Crippen molar-refractivity contribution >= 4 is 11.6 Å². The molecule has 0 aliphatic rings. The molecule has 140 valence electrons. The van der Waals surface area contributed by atoms with Crippen LogP contribution in [0.5, 0.6) is 5.75 Å².